The highest BCUT2D eigenvalue weighted by Crippen LogP contribution is 2.42. The molecule has 3 aromatic rings. The average molecular weight is 471 g/mol. The number of aromatic nitrogens is 1. The average Bonchev–Trinajstić information content (AvgIpc) is 3.01. The lowest BCUT2D eigenvalue weighted by atomic mass is 9.96. The van der Waals surface area contributed by atoms with E-state index in [1.807, 2.05) is 0 Å². The second-order valence-electron chi connectivity index (χ2n) is 6.56. The van der Waals surface area contributed by atoms with Crippen molar-refractivity contribution < 1.29 is 23.5 Å². The van der Waals surface area contributed by atoms with Gasteiger partial charge in [0.15, 0.2) is 0 Å². The Kier molecular flexibility index (Phi) is 5.17. The number of amides is 1. The van der Waals surface area contributed by atoms with Gasteiger partial charge in [-0.25, -0.2) is 8.78 Å². The van der Waals surface area contributed by atoms with Crippen molar-refractivity contribution in [2.75, 3.05) is 4.90 Å². The molecule has 8 heteroatoms. The summed E-state index contributed by atoms with van der Waals surface area (Å²) in [7, 11) is 0. The predicted molar refractivity (Wildman–Crippen MR) is 110 cm³/mol. The minimum Gasteiger partial charge on any atom is -0.507 e. The number of hydrogen-bond acceptors (Lipinski definition) is 4. The maximum atomic E-state index is 14.5. The first-order valence-corrected chi connectivity index (χ1v) is 9.59. The van der Waals surface area contributed by atoms with E-state index in [9.17, 15) is 23.5 Å². The number of benzene rings is 2. The number of aliphatic hydroxyl groups is 1. The molecule has 0 spiro atoms. The van der Waals surface area contributed by atoms with E-state index in [4.69, 9.17) is 0 Å². The van der Waals surface area contributed by atoms with Crippen molar-refractivity contribution in [1.29, 1.82) is 0 Å². The molecule has 1 fully saturated rings. The van der Waals surface area contributed by atoms with Crippen molar-refractivity contribution in [3.8, 4) is 0 Å². The van der Waals surface area contributed by atoms with Crippen LogP contribution < -0.4 is 4.90 Å². The van der Waals surface area contributed by atoms with Gasteiger partial charge in [-0.3, -0.25) is 19.5 Å². The van der Waals surface area contributed by atoms with E-state index in [1.165, 1.54) is 12.4 Å². The van der Waals surface area contributed by atoms with E-state index in [0.29, 0.717) is 11.1 Å². The van der Waals surface area contributed by atoms with Crippen LogP contribution in [0.2, 0.25) is 0 Å². The summed E-state index contributed by atoms with van der Waals surface area (Å²) in [6.07, 6.45) is 2.89. The van der Waals surface area contributed by atoms with Gasteiger partial charge in [0.25, 0.3) is 11.7 Å². The summed E-state index contributed by atoms with van der Waals surface area (Å²) in [5, 5.41) is 10.9. The van der Waals surface area contributed by atoms with Crippen LogP contribution in [0.3, 0.4) is 0 Å². The van der Waals surface area contributed by atoms with Crippen LogP contribution in [0.4, 0.5) is 14.5 Å². The van der Waals surface area contributed by atoms with Crippen molar-refractivity contribution in [3.63, 3.8) is 0 Å². The molecule has 1 unspecified atom stereocenters. The van der Waals surface area contributed by atoms with Gasteiger partial charge in [0, 0.05) is 28.5 Å². The molecular weight excluding hydrogens is 458 g/mol. The molecule has 1 aliphatic rings. The highest BCUT2D eigenvalue weighted by Gasteiger charge is 2.47. The Balaban J connectivity index is 1.97. The fourth-order valence-electron chi connectivity index (χ4n) is 3.37. The Morgan fingerprint density at radius 1 is 1.07 bits per heavy atom. The van der Waals surface area contributed by atoms with Gasteiger partial charge in [-0.1, -0.05) is 34.1 Å². The maximum Gasteiger partial charge on any atom is 0.300 e. The van der Waals surface area contributed by atoms with Crippen LogP contribution in [0.5, 0.6) is 0 Å². The summed E-state index contributed by atoms with van der Waals surface area (Å²) < 4.78 is 29.1. The summed E-state index contributed by atoms with van der Waals surface area (Å²) in [5.41, 5.74) is 0.0172. The van der Waals surface area contributed by atoms with Gasteiger partial charge in [-0.15, -0.1) is 0 Å². The van der Waals surface area contributed by atoms with E-state index in [1.54, 1.807) is 36.4 Å². The molecule has 5 nitrogen and oxygen atoms in total. The zero-order chi connectivity index (χ0) is 21.4. The molecular formula is C22H13BrF2N2O3. The lowest BCUT2D eigenvalue weighted by Gasteiger charge is -2.25. The molecule has 0 radical (unpaired) electrons. The Morgan fingerprint density at radius 3 is 2.47 bits per heavy atom. The summed E-state index contributed by atoms with van der Waals surface area (Å²) in [6.45, 7) is 0. The second-order valence-corrected chi connectivity index (χ2v) is 7.47. The van der Waals surface area contributed by atoms with E-state index in [0.717, 1.165) is 27.6 Å². The molecule has 4 rings (SSSR count). The smallest absolute Gasteiger partial charge is 0.300 e. The number of pyridine rings is 1. The quantitative estimate of drug-likeness (QED) is 0.340. The molecule has 150 valence electrons. The van der Waals surface area contributed by atoms with Crippen molar-refractivity contribution in [3.05, 3.63) is 99.8 Å². The van der Waals surface area contributed by atoms with Gasteiger partial charge < -0.3 is 5.11 Å². The van der Waals surface area contributed by atoms with Gasteiger partial charge in [-0.05, 0) is 35.9 Å². The monoisotopic (exact) mass is 470 g/mol. The number of halogens is 3. The summed E-state index contributed by atoms with van der Waals surface area (Å²) in [6, 6.07) is 11.1. The van der Waals surface area contributed by atoms with E-state index >= 15 is 0 Å². The molecule has 1 aliphatic heterocycles. The second kappa shape index (κ2) is 7.79. The molecule has 0 bridgehead atoms. The SMILES string of the molecule is O=C1C(=O)N(c2cc(F)ccc2F)C(c2cccnc2)/C1=C(\O)c1ccc(Br)cc1. The van der Waals surface area contributed by atoms with E-state index < -0.39 is 40.8 Å². The third kappa shape index (κ3) is 3.39. The highest BCUT2D eigenvalue weighted by molar-refractivity contribution is 9.10. The van der Waals surface area contributed by atoms with Crippen molar-refractivity contribution in [2.24, 2.45) is 0 Å². The predicted octanol–water partition coefficient (Wildman–Crippen LogP) is 4.75. The molecule has 0 saturated carbocycles. The first kappa shape index (κ1) is 19.9. The molecule has 0 aliphatic carbocycles. The summed E-state index contributed by atoms with van der Waals surface area (Å²) >= 11 is 3.29. The Morgan fingerprint density at radius 2 is 1.80 bits per heavy atom. The van der Waals surface area contributed by atoms with Crippen molar-refractivity contribution in [1.82, 2.24) is 4.98 Å². The Labute approximate surface area is 178 Å². The van der Waals surface area contributed by atoms with Crippen molar-refractivity contribution in [2.45, 2.75) is 6.04 Å². The molecule has 1 amide bonds. The summed E-state index contributed by atoms with van der Waals surface area (Å²) in [5.74, 6) is -4.16. The fourth-order valence-corrected chi connectivity index (χ4v) is 3.63. The Hall–Kier alpha value is -3.39. The maximum absolute atomic E-state index is 14.5. The molecule has 2 aromatic carbocycles. The molecule has 1 aromatic heterocycles. The molecule has 1 N–H and O–H groups in total. The van der Waals surface area contributed by atoms with E-state index in [-0.39, 0.29) is 5.57 Å². The number of ketones is 1. The number of carbonyl (C=O) groups is 2. The van der Waals surface area contributed by atoms with Crippen LogP contribution >= 0.6 is 15.9 Å². The van der Waals surface area contributed by atoms with Gasteiger partial charge in [0.1, 0.15) is 17.4 Å². The fraction of sp³-hybridized carbons (Fsp3) is 0.0455. The van der Waals surface area contributed by atoms with Gasteiger partial charge in [0.2, 0.25) is 0 Å². The molecule has 2 heterocycles. The largest absolute Gasteiger partial charge is 0.507 e. The molecule has 1 saturated heterocycles. The van der Waals surface area contributed by atoms with Gasteiger partial charge >= 0.3 is 0 Å². The number of aliphatic hydroxyl groups excluding tert-OH is 1. The number of anilines is 1. The van der Waals surface area contributed by atoms with Crippen LogP contribution in [0, 0.1) is 11.6 Å². The molecule has 30 heavy (non-hydrogen) atoms. The third-order valence-electron chi connectivity index (χ3n) is 4.73. The standard InChI is InChI=1S/C22H13BrF2N2O3/c23-14-5-3-12(4-6-14)20(28)18-19(13-2-1-9-26-11-13)27(22(30)21(18)29)17-10-15(24)7-8-16(17)25/h1-11,19,28H/b20-18+. The van der Waals surface area contributed by atoms with Crippen LogP contribution in [0.15, 0.2) is 77.0 Å². The zero-order valence-corrected chi connectivity index (χ0v) is 16.8. The molecule has 1 atom stereocenters. The third-order valence-corrected chi connectivity index (χ3v) is 5.26. The number of Topliss-reactive ketones (excluding diaryl/α,β-unsaturated/α-hetero) is 1. The minimum absolute atomic E-state index is 0.237. The van der Waals surface area contributed by atoms with Crippen LogP contribution in [-0.2, 0) is 9.59 Å². The van der Waals surface area contributed by atoms with E-state index in [2.05, 4.69) is 20.9 Å². The first-order valence-electron chi connectivity index (χ1n) is 8.80. The Bertz CT molecular complexity index is 1180. The van der Waals surface area contributed by atoms with Crippen molar-refractivity contribution >= 4 is 39.1 Å². The normalized spacial score (nSPS) is 18.1. The minimum atomic E-state index is -1.18. The van der Waals surface area contributed by atoms with Crippen LogP contribution in [0.25, 0.3) is 5.76 Å². The zero-order valence-electron chi connectivity index (χ0n) is 15.2. The van der Waals surface area contributed by atoms with Crippen LogP contribution in [0.1, 0.15) is 17.2 Å². The van der Waals surface area contributed by atoms with Gasteiger partial charge in [-0.2, -0.15) is 0 Å². The number of hydrogen-bond donors (Lipinski definition) is 1. The number of rotatable bonds is 3. The van der Waals surface area contributed by atoms with Gasteiger partial charge in [0.05, 0.1) is 17.3 Å². The van der Waals surface area contributed by atoms with Crippen LogP contribution in [-0.4, -0.2) is 21.8 Å². The number of nitrogens with zero attached hydrogens (tertiary/aromatic N) is 2. The first-order chi connectivity index (χ1) is 14.4. The topological polar surface area (TPSA) is 70.5 Å². The lowest BCUT2D eigenvalue weighted by Crippen LogP contribution is -2.30. The summed E-state index contributed by atoms with van der Waals surface area (Å²) in [4.78, 5) is 30.6. The number of carbonyl (C=O) groups excluding carboxylic acids is 2. The highest BCUT2D eigenvalue weighted by atomic mass is 79.9. The lowest BCUT2D eigenvalue weighted by molar-refractivity contribution is -0.132.